The van der Waals surface area contributed by atoms with Gasteiger partial charge in [-0.05, 0) is 36.8 Å². The predicted octanol–water partition coefficient (Wildman–Crippen LogP) is 2.58. The number of methoxy groups -OCH3 is 1. The van der Waals surface area contributed by atoms with Crippen LogP contribution in [0.1, 0.15) is 37.9 Å². The molecule has 0 aromatic heterocycles. The standard InChI is InChI=1S/C22H26N2O4/c1-16-3-5-17(6-4-16)20(15-24-11-13-28-14-12-24)23-21(25)18-7-9-19(10-8-18)22(26)27-2/h3-10,20H,11-15H2,1-2H3,(H,23,25). The zero-order valence-corrected chi connectivity index (χ0v) is 16.3. The Morgan fingerprint density at radius 1 is 1.04 bits per heavy atom. The van der Waals surface area contributed by atoms with Gasteiger partial charge in [0.1, 0.15) is 0 Å². The number of ether oxygens (including phenoxy) is 2. The lowest BCUT2D eigenvalue weighted by Crippen LogP contribution is -2.43. The third kappa shape index (κ3) is 5.18. The van der Waals surface area contributed by atoms with Crippen LogP contribution in [0.3, 0.4) is 0 Å². The average molecular weight is 382 g/mol. The molecule has 3 rings (SSSR count). The topological polar surface area (TPSA) is 67.9 Å². The van der Waals surface area contributed by atoms with E-state index < -0.39 is 5.97 Å². The van der Waals surface area contributed by atoms with Gasteiger partial charge in [-0.3, -0.25) is 9.69 Å². The van der Waals surface area contributed by atoms with Crippen LogP contribution in [0.2, 0.25) is 0 Å². The van der Waals surface area contributed by atoms with E-state index in [1.165, 1.54) is 12.7 Å². The number of amides is 1. The highest BCUT2D eigenvalue weighted by Crippen LogP contribution is 2.18. The lowest BCUT2D eigenvalue weighted by molar-refractivity contribution is 0.0332. The Labute approximate surface area is 165 Å². The van der Waals surface area contributed by atoms with Crippen LogP contribution >= 0.6 is 0 Å². The van der Waals surface area contributed by atoms with Gasteiger partial charge in [0.25, 0.3) is 5.91 Å². The minimum atomic E-state index is -0.420. The molecule has 148 valence electrons. The molecule has 0 saturated carbocycles. The number of carbonyl (C=O) groups excluding carboxylic acids is 2. The third-order valence-corrected chi connectivity index (χ3v) is 4.90. The average Bonchev–Trinajstić information content (AvgIpc) is 2.74. The van der Waals surface area contributed by atoms with E-state index in [4.69, 9.17) is 9.47 Å². The summed E-state index contributed by atoms with van der Waals surface area (Å²) in [5.41, 5.74) is 3.17. The molecule has 1 aliphatic heterocycles. The third-order valence-electron chi connectivity index (χ3n) is 4.90. The van der Waals surface area contributed by atoms with E-state index in [1.807, 2.05) is 6.92 Å². The minimum Gasteiger partial charge on any atom is -0.465 e. The van der Waals surface area contributed by atoms with Crippen molar-refractivity contribution in [3.05, 3.63) is 70.8 Å². The van der Waals surface area contributed by atoms with Gasteiger partial charge < -0.3 is 14.8 Å². The van der Waals surface area contributed by atoms with Crippen molar-refractivity contribution in [1.29, 1.82) is 0 Å². The molecule has 2 aromatic carbocycles. The molecular formula is C22H26N2O4. The van der Waals surface area contributed by atoms with Crippen LogP contribution in [0.15, 0.2) is 48.5 Å². The van der Waals surface area contributed by atoms with Crippen molar-refractivity contribution in [2.45, 2.75) is 13.0 Å². The van der Waals surface area contributed by atoms with Crippen LogP contribution < -0.4 is 5.32 Å². The van der Waals surface area contributed by atoms with Gasteiger partial charge in [-0.15, -0.1) is 0 Å². The van der Waals surface area contributed by atoms with Gasteiger partial charge in [0.05, 0.1) is 31.9 Å². The number of aryl methyl sites for hydroxylation is 1. The minimum absolute atomic E-state index is 0.133. The first-order valence-electron chi connectivity index (χ1n) is 9.42. The molecule has 1 atom stereocenters. The van der Waals surface area contributed by atoms with Crippen molar-refractivity contribution in [2.75, 3.05) is 40.0 Å². The fourth-order valence-electron chi connectivity index (χ4n) is 3.19. The van der Waals surface area contributed by atoms with Crippen molar-refractivity contribution in [3.8, 4) is 0 Å². The molecule has 0 aliphatic carbocycles. The number of morpholine rings is 1. The zero-order chi connectivity index (χ0) is 19.9. The molecule has 0 spiro atoms. The smallest absolute Gasteiger partial charge is 0.337 e. The first-order chi connectivity index (χ1) is 13.6. The highest BCUT2D eigenvalue weighted by Gasteiger charge is 2.21. The quantitative estimate of drug-likeness (QED) is 0.778. The molecule has 28 heavy (non-hydrogen) atoms. The molecule has 6 heteroatoms. The van der Waals surface area contributed by atoms with Crippen molar-refractivity contribution in [3.63, 3.8) is 0 Å². The Hall–Kier alpha value is -2.70. The normalized spacial score (nSPS) is 15.6. The second-order valence-electron chi connectivity index (χ2n) is 6.92. The fourth-order valence-corrected chi connectivity index (χ4v) is 3.19. The predicted molar refractivity (Wildman–Crippen MR) is 106 cm³/mol. The number of hydrogen-bond donors (Lipinski definition) is 1. The highest BCUT2D eigenvalue weighted by molar-refractivity contribution is 5.96. The second-order valence-corrected chi connectivity index (χ2v) is 6.92. The Kier molecular flexibility index (Phi) is 6.79. The summed E-state index contributed by atoms with van der Waals surface area (Å²) in [7, 11) is 1.33. The van der Waals surface area contributed by atoms with Crippen molar-refractivity contribution in [2.24, 2.45) is 0 Å². The molecule has 1 unspecified atom stereocenters. The number of nitrogens with one attached hydrogen (secondary N) is 1. The molecule has 0 radical (unpaired) electrons. The van der Waals surface area contributed by atoms with E-state index >= 15 is 0 Å². The maximum Gasteiger partial charge on any atom is 0.337 e. The maximum absolute atomic E-state index is 12.8. The summed E-state index contributed by atoms with van der Waals surface area (Å²) in [5, 5.41) is 3.14. The Balaban J connectivity index is 1.74. The number of rotatable bonds is 6. The van der Waals surface area contributed by atoms with Crippen LogP contribution in [0.4, 0.5) is 0 Å². The van der Waals surface area contributed by atoms with Gasteiger partial charge in [0, 0.05) is 25.2 Å². The van der Waals surface area contributed by atoms with Gasteiger partial charge in [-0.25, -0.2) is 4.79 Å². The van der Waals surface area contributed by atoms with Crippen LogP contribution in [-0.4, -0.2) is 56.7 Å². The molecule has 0 bridgehead atoms. The van der Waals surface area contributed by atoms with Crippen molar-refractivity contribution < 1.29 is 19.1 Å². The van der Waals surface area contributed by atoms with E-state index in [2.05, 4.69) is 34.5 Å². The largest absolute Gasteiger partial charge is 0.465 e. The lowest BCUT2D eigenvalue weighted by atomic mass is 10.0. The van der Waals surface area contributed by atoms with Crippen LogP contribution in [0, 0.1) is 6.92 Å². The molecule has 2 aromatic rings. The van der Waals surface area contributed by atoms with Crippen LogP contribution in [-0.2, 0) is 9.47 Å². The van der Waals surface area contributed by atoms with Crippen molar-refractivity contribution in [1.82, 2.24) is 10.2 Å². The Morgan fingerprint density at radius 2 is 1.64 bits per heavy atom. The van der Waals surface area contributed by atoms with Crippen LogP contribution in [0.25, 0.3) is 0 Å². The molecule has 1 aliphatic rings. The Morgan fingerprint density at radius 3 is 2.25 bits per heavy atom. The van der Waals surface area contributed by atoms with E-state index in [9.17, 15) is 9.59 Å². The zero-order valence-electron chi connectivity index (χ0n) is 16.3. The summed E-state index contributed by atoms with van der Waals surface area (Å²) < 4.78 is 10.1. The molecule has 6 nitrogen and oxygen atoms in total. The monoisotopic (exact) mass is 382 g/mol. The van der Waals surface area contributed by atoms with Crippen LogP contribution in [0.5, 0.6) is 0 Å². The summed E-state index contributed by atoms with van der Waals surface area (Å²) in [4.78, 5) is 26.7. The van der Waals surface area contributed by atoms with Crippen molar-refractivity contribution >= 4 is 11.9 Å². The summed E-state index contributed by atoms with van der Waals surface area (Å²) >= 11 is 0. The van der Waals surface area contributed by atoms with E-state index in [-0.39, 0.29) is 11.9 Å². The first kappa shape index (κ1) is 20.0. The number of carbonyl (C=O) groups is 2. The molecule has 1 N–H and O–H groups in total. The molecule has 1 fully saturated rings. The highest BCUT2D eigenvalue weighted by atomic mass is 16.5. The number of benzene rings is 2. The summed E-state index contributed by atoms with van der Waals surface area (Å²) in [6.07, 6.45) is 0. The summed E-state index contributed by atoms with van der Waals surface area (Å²) in [6, 6.07) is 14.6. The lowest BCUT2D eigenvalue weighted by Gasteiger charge is -2.31. The number of nitrogens with zero attached hydrogens (tertiary/aromatic N) is 1. The van der Waals surface area contributed by atoms with E-state index in [1.54, 1.807) is 24.3 Å². The van der Waals surface area contributed by atoms with Gasteiger partial charge in [0.15, 0.2) is 0 Å². The van der Waals surface area contributed by atoms with Gasteiger partial charge in [-0.2, -0.15) is 0 Å². The molecular weight excluding hydrogens is 356 g/mol. The van der Waals surface area contributed by atoms with E-state index in [0.717, 1.165) is 25.2 Å². The van der Waals surface area contributed by atoms with Gasteiger partial charge in [-0.1, -0.05) is 29.8 Å². The molecule has 1 heterocycles. The number of esters is 1. The van der Waals surface area contributed by atoms with Gasteiger partial charge in [0.2, 0.25) is 0 Å². The summed E-state index contributed by atoms with van der Waals surface area (Å²) in [5.74, 6) is -0.591. The fraction of sp³-hybridized carbons (Fsp3) is 0.364. The van der Waals surface area contributed by atoms with Gasteiger partial charge >= 0.3 is 5.97 Å². The SMILES string of the molecule is COC(=O)c1ccc(C(=O)NC(CN2CCOCC2)c2ccc(C)cc2)cc1. The second kappa shape index (κ2) is 9.48. The van der Waals surface area contributed by atoms with E-state index in [0.29, 0.717) is 24.3 Å². The Bertz CT molecular complexity index is 796. The first-order valence-corrected chi connectivity index (χ1v) is 9.42. The molecule has 1 amide bonds. The number of hydrogen-bond acceptors (Lipinski definition) is 5. The summed E-state index contributed by atoms with van der Waals surface area (Å²) in [6.45, 7) is 5.89. The maximum atomic E-state index is 12.8. The molecule has 1 saturated heterocycles.